The summed E-state index contributed by atoms with van der Waals surface area (Å²) < 4.78 is 12.7. The van der Waals surface area contributed by atoms with E-state index in [1.807, 2.05) is 0 Å². The van der Waals surface area contributed by atoms with Crippen molar-refractivity contribution in [3.05, 3.63) is 35.6 Å². The molecule has 0 radical (unpaired) electrons. The molecule has 0 aliphatic heterocycles. The van der Waals surface area contributed by atoms with E-state index in [0.29, 0.717) is 13.1 Å². The summed E-state index contributed by atoms with van der Waals surface area (Å²) in [5.74, 6) is -0.265. The Morgan fingerprint density at radius 1 is 1.00 bits per heavy atom. The standard InChI is InChI=1S/C17H28FN3O/c1-21(2)13-7-5-3-4-6-12-19-17(22)20-14-15-8-10-16(18)11-9-15/h8-11H,3-7,12-14H2,1-2H3,(H2,19,20,22). The van der Waals surface area contributed by atoms with Crippen LogP contribution < -0.4 is 10.6 Å². The Morgan fingerprint density at radius 3 is 2.32 bits per heavy atom. The number of amides is 2. The van der Waals surface area contributed by atoms with Crippen molar-refractivity contribution in [1.29, 1.82) is 0 Å². The van der Waals surface area contributed by atoms with E-state index < -0.39 is 0 Å². The molecular weight excluding hydrogens is 281 g/mol. The van der Waals surface area contributed by atoms with Gasteiger partial charge in [0.15, 0.2) is 0 Å². The minimum absolute atomic E-state index is 0.170. The predicted molar refractivity (Wildman–Crippen MR) is 88.3 cm³/mol. The molecule has 0 aromatic heterocycles. The Kier molecular flexibility index (Phi) is 9.23. The number of halogens is 1. The van der Waals surface area contributed by atoms with Crippen LogP contribution in [0.1, 0.15) is 37.7 Å². The van der Waals surface area contributed by atoms with E-state index in [1.54, 1.807) is 12.1 Å². The molecule has 0 unspecified atom stereocenters. The SMILES string of the molecule is CN(C)CCCCCCCNC(=O)NCc1ccc(F)cc1. The molecule has 0 fully saturated rings. The van der Waals surface area contributed by atoms with Gasteiger partial charge in [-0.3, -0.25) is 0 Å². The van der Waals surface area contributed by atoms with Gasteiger partial charge in [0.2, 0.25) is 0 Å². The first-order valence-electron chi connectivity index (χ1n) is 7.99. The predicted octanol–water partition coefficient (Wildman–Crippen LogP) is 3.14. The number of hydrogen-bond acceptors (Lipinski definition) is 2. The molecule has 0 heterocycles. The van der Waals surface area contributed by atoms with Gasteiger partial charge in [0.25, 0.3) is 0 Å². The molecule has 0 saturated heterocycles. The van der Waals surface area contributed by atoms with Gasteiger partial charge in [-0.05, 0) is 51.2 Å². The summed E-state index contributed by atoms with van der Waals surface area (Å²) in [4.78, 5) is 13.8. The van der Waals surface area contributed by atoms with Crippen molar-refractivity contribution in [2.75, 3.05) is 27.2 Å². The van der Waals surface area contributed by atoms with E-state index in [1.165, 1.54) is 31.4 Å². The van der Waals surface area contributed by atoms with Crippen molar-refractivity contribution in [2.45, 2.75) is 38.6 Å². The molecule has 0 atom stereocenters. The van der Waals surface area contributed by atoms with Gasteiger partial charge in [-0.2, -0.15) is 0 Å². The number of nitrogens with zero attached hydrogens (tertiary/aromatic N) is 1. The van der Waals surface area contributed by atoms with Gasteiger partial charge < -0.3 is 15.5 Å². The third kappa shape index (κ3) is 9.34. The zero-order chi connectivity index (χ0) is 16.2. The van der Waals surface area contributed by atoms with Crippen LogP contribution in [0.25, 0.3) is 0 Å². The Balaban J connectivity index is 1.96. The summed E-state index contributed by atoms with van der Waals surface area (Å²) in [5, 5.41) is 5.61. The van der Waals surface area contributed by atoms with Crippen LogP contribution in [0, 0.1) is 5.82 Å². The highest BCUT2D eigenvalue weighted by atomic mass is 19.1. The van der Waals surface area contributed by atoms with Crippen LogP contribution in [0.3, 0.4) is 0 Å². The number of benzene rings is 1. The third-order valence-electron chi connectivity index (χ3n) is 3.43. The Labute approximate surface area is 133 Å². The van der Waals surface area contributed by atoms with Gasteiger partial charge in [0.05, 0.1) is 0 Å². The minimum Gasteiger partial charge on any atom is -0.338 e. The maximum atomic E-state index is 12.7. The van der Waals surface area contributed by atoms with Crippen molar-refractivity contribution in [3.63, 3.8) is 0 Å². The lowest BCUT2D eigenvalue weighted by molar-refractivity contribution is 0.240. The summed E-state index contributed by atoms with van der Waals surface area (Å²) in [5.41, 5.74) is 0.887. The van der Waals surface area contributed by atoms with Crippen LogP contribution >= 0.6 is 0 Å². The summed E-state index contributed by atoms with van der Waals surface area (Å²) in [6, 6.07) is 5.96. The van der Waals surface area contributed by atoms with Crippen LogP contribution in [-0.4, -0.2) is 38.1 Å². The Hall–Kier alpha value is -1.62. The van der Waals surface area contributed by atoms with Gasteiger partial charge in [-0.25, -0.2) is 9.18 Å². The maximum Gasteiger partial charge on any atom is 0.315 e. The summed E-state index contributed by atoms with van der Waals surface area (Å²) in [7, 11) is 4.18. The second-order valence-corrected chi connectivity index (χ2v) is 5.81. The lowest BCUT2D eigenvalue weighted by Gasteiger charge is -2.09. The third-order valence-corrected chi connectivity index (χ3v) is 3.43. The van der Waals surface area contributed by atoms with E-state index in [9.17, 15) is 9.18 Å². The van der Waals surface area contributed by atoms with Crippen LogP contribution in [0.4, 0.5) is 9.18 Å². The van der Waals surface area contributed by atoms with Crippen molar-refractivity contribution in [1.82, 2.24) is 15.5 Å². The van der Waals surface area contributed by atoms with Crippen molar-refractivity contribution >= 4 is 6.03 Å². The van der Waals surface area contributed by atoms with Gasteiger partial charge in [-0.1, -0.05) is 31.4 Å². The largest absolute Gasteiger partial charge is 0.338 e. The van der Waals surface area contributed by atoms with E-state index in [2.05, 4.69) is 29.6 Å². The average Bonchev–Trinajstić information content (AvgIpc) is 2.49. The van der Waals surface area contributed by atoms with Gasteiger partial charge in [0.1, 0.15) is 5.82 Å². The molecule has 1 aromatic carbocycles. The Bertz CT molecular complexity index is 420. The fourth-order valence-corrected chi connectivity index (χ4v) is 2.13. The minimum atomic E-state index is -0.265. The first-order chi connectivity index (χ1) is 10.6. The van der Waals surface area contributed by atoms with Crippen molar-refractivity contribution in [3.8, 4) is 0 Å². The van der Waals surface area contributed by atoms with Gasteiger partial charge in [0, 0.05) is 13.1 Å². The molecule has 1 rings (SSSR count). The summed E-state index contributed by atoms with van der Waals surface area (Å²) in [6.45, 7) is 2.25. The van der Waals surface area contributed by atoms with Crippen LogP contribution in [0.5, 0.6) is 0 Å². The molecule has 1 aromatic rings. The summed E-state index contributed by atoms with van der Waals surface area (Å²) in [6.07, 6.45) is 5.85. The normalized spacial score (nSPS) is 10.7. The molecule has 2 N–H and O–H groups in total. The Morgan fingerprint density at radius 2 is 1.64 bits per heavy atom. The molecular formula is C17H28FN3O. The lowest BCUT2D eigenvalue weighted by Crippen LogP contribution is -2.35. The topological polar surface area (TPSA) is 44.4 Å². The fourth-order valence-electron chi connectivity index (χ4n) is 2.13. The average molecular weight is 309 g/mol. The number of carbonyl (C=O) groups excluding carboxylic acids is 1. The number of rotatable bonds is 10. The highest BCUT2D eigenvalue weighted by Gasteiger charge is 2.00. The molecule has 22 heavy (non-hydrogen) atoms. The lowest BCUT2D eigenvalue weighted by atomic mass is 10.1. The van der Waals surface area contributed by atoms with Crippen LogP contribution in [-0.2, 0) is 6.54 Å². The highest BCUT2D eigenvalue weighted by Crippen LogP contribution is 2.03. The zero-order valence-electron chi connectivity index (χ0n) is 13.7. The molecule has 0 spiro atoms. The molecule has 0 bridgehead atoms. The fraction of sp³-hybridized carbons (Fsp3) is 0.588. The first kappa shape index (κ1) is 18.4. The molecule has 5 heteroatoms. The number of urea groups is 1. The number of hydrogen-bond donors (Lipinski definition) is 2. The van der Waals surface area contributed by atoms with Crippen molar-refractivity contribution in [2.24, 2.45) is 0 Å². The quantitative estimate of drug-likeness (QED) is 0.652. The highest BCUT2D eigenvalue weighted by molar-refractivity contribution is 5.73. The molecule has 4 nitrogen and oxygen atoms in total. The number of unbranched alkanes of at least 4 members (excludes halogenated alkanes) is 4. The van der Waals surface area contributed by atoms with Crippen molar-refractivity contribution < 1.29 is 9.18 Å². The number of nitrogens with one attached hydrogen (secondary N) is 2. The zero-order valence-corrected chi connectivity index (χ0v) is 13.7. The summed E-state index contributed by atoms with van der Waals surface area (Å²) >= 11 is 0. The smallest absolute Gasteiger partial charge is 0.315 e. The van der Waals surface area contributed by atoms with E-state index in [0.717, 1.165) is 24.9 Å². The van der Waals surface area contributed by atoms with E-state index >= 15 is 0 Å². The van der Waals surface area contributed by atoms with Gasteiger partial charge in [-0.15, -0.1) is 0 Å². The monoisotopic (exact) mass is 309 g/mol. The molecule has 0 aliphatic carbocycles. The molecule has 0 aliphatic rings. The molecule has 2 amide bonds. The second kappa shape index (κ2) is 11.0. The molecule has 0 saturated carbocycles. The van der Waals surface area contributed by atoms with Gasteiger partial charge >= 0.3 is 6.03 Å². The van der Waals surface area contributed by atoms with E-state index in [-0.39, 0.29) is 11.8 Å². The number of carbonyl (C=O) groups is 1. The van der Waals surface area contributed by atoms with Crippen LogP contribution in [0.2, 0.25) is 0 Å². The molecule has 124 valence electrons. The second-order valence-electron chi connectivity index (χ2n) is 5.81. The van der Waals surface area contributed by atoms with E-state index in [4.69, 9.17) is 0 Å². The maximum absolute atomic E-state index is 12.7. The van der Waals surface area contributed by atoms with Crippen LogP contribution in [0.15, 0.2) is 24.3 Å². The first-order valence-corrected chi connectivity index (χ1v) is 7.99.